The van der Waals surface area contributed by atoms with Crippen LogP contribution >= 0.6 is 0 Å². The summed E-state index contributed by atoms with van der Waals surface area (Å²) in [6.45, 7) is 9.73. The molecule has 1 aliphatic carbocycles. The van der Waals surface area contributed by atoms with Gasteiger partial charge in [-0.1, -0.05) is 20.8 Å². The molecule has 0 spiro atoms. The fraction of sp³-hybridized carbons (Fsp3) is 0.682. The lowest BCUT2D eigenvalue weighted by atomic mass is 9.51. The van der Waals surface area contributed by atoms with E-state index in [0.29, 0.717) is 0 Å². The molecule has 0 unspecified atom stereocenters. The lowest BCUT2D eigenvalue weighted by Gasteiger charge is -2.61. The van der Waals surface area contributed by atoms with E-state index in [9.17, 15) is 4.79 Å². The number of nitrogens with two attached hydrogens (primary N) is 1. The molecule has 0 aromatic heterocycles. The van der Waals surface area contributed by atoms with E-state index in [2.05, 4.69) is 48.0 Å². The molecule has 3 N–H and O–H groups in total. The summed E-state index contributed by atoms with van der Waals surface area (Å²) in [4.78, 5) is 17.6. The van der Waals surface area contributed by atoms with Crippen molar-refractivity contribution >= 4 is 17.4 Å². The summed E-state index contributed by atoms with van der Waals surface area (Å²) >= 11 is 0. The SMILES string of the molecule is CNc1cc2c(cc1N)[C@]1(C)CCN(C(=O)N3CCCCC3)[C@H](C2)C1(C)C. The monoisotopic (exact) mass is 370 g/mol. The smallest absolute Gasteiger partial charge is 0.320 e. The van der Waals surface area contributed by atoms with Crippen LogP contribution in [0.1, 0.15) is 57.6 Å². The molecule has 2 bridgehead atoms. The average molecular weight is 371 g/mol. The number of nitrogens with one attached hydrogen (secondary N) is 1. The lowest BCUT2D eigenvalue weighted by Crippen LogP contribution is -2.66. The van der Waals surface area contributed by atoms with Crippen molar-refractivity contribution in [2.24, 2.45) is 5.41 Å². The number of carbonyl (C=O) groups excluding carboxylic acids is 1. The van der Waals surface area contributed by atoms with Crippen LogP contribution in [-0.2, 0) is 11.8 Å². The van der Waals surface area contributed by atoms with Crippen molar-refractivity contribution in [2.75, 3.05) is 37.7 Å². The first kappa shape index (κ1) is 18.5. The summed E-state index contributed by atoms with van der Waals surface area (Å²) in [5.74, 6) is 0. The summed E-state index contributed by atoms with van der Waals surface area (Å²) in [6.07, 6.45) is 5.42. The number of anilines is 2. The van der Waals surface area contributed by atoms with Crippen LogP contribution in [0.3, 0.4) is 0 Å². The van der Waals surface area contributed by atoms with Gasteiger partial charge in [0.15, 0.2) is 0 Å². The van der Waals surface area contributed by atoms with Gasteiger partial charge in [0.05, 0.1) is 11.4 Å². The van der Waals surface area contributed by atoms with E-state index in [1.54, 1.807) is 0 Å². The Kier molecular flexibility index (Phi) is 4.32. The van der Waals surface area contributed by atoms with Crippen LogP contribution in [-0.4, -0.2) is 48.6 Å². The molecule has 0 radical (unpaired) electrons. The highest BCUT2D eigenvalue weighted by atomic mass is 16.2. The van der Waals surface area contributed by atoms with Crippen molar-refractivity contribution in [1.82, 2.24) is 9.80 Å². The number of rotatable bonds is 1. The Hall–Kier alpha value is -1.91. The Balaban J connectivity index is 1.73. The molecule has 4 rings (SSSR count). The Labute approximate surface area is 163 Å². The zero-order chi connectivity index (χ0) is 19.4. The van der Waals surface area contributed by atoms with E-state index in [4.69, 9.17) is 5.73 Å². The zero-order valence-corrected chi connectivity index (χ0v) is 17.3. The van der Waals surface area contributed by atoms with Crippen molar-refractivity contribution in [3.05, 3.63) is 23.3 Å². The van der Waals surface area contributed by atoms with Crippen molar-refractivity contribution in [2.45, 2.75) is 64.3 Å². The van der Waals surface area contributed by atoms with Crippen LogP contribution in [0.15, 0.2) is 12.1 Å². The number of piperidine rings is 2. The molecule has 2 fully saturated rings. The maximum atomic E-state index is 13.4. The van der Waals surface area contributed by atoms with Gasteiger partial charge in [-0.15, -0.1) is 0 Å². The van der Waals surface area contributed by atoms with Crippen LogP contribution < -0.4 is 11.1 Å². The zero-order valence-electron chi connectivity index (χ0n) is 17.3. The van der Waals surface area contributed by atoms with E-state index in [1.165, 1.54) is 17.5 Å². The minimum absolute atomic E-state index is 0.0112. The van der Waals surface area contributed by atoms with Gasteiger partial charge >= 0.3 is 6.03 Å². The number of likely N-dealkylation sites (tertiary alicyclic amines) is 2. The number of urea groups is 1. The van der Waals surface area contributed by atoms with Crippen molar-refractivity contribution in [1.29, 1.82) is 0 Å². The van der Waals surface area contributed by atoms with Gasteiger partial charge in [-0.05, 0) is 60.8 Å². The molecular formula is C22H34N4O. The fourth-order valence-corrected chi connectivity index (χ4v) is 5.69. The number of nitrogens with zero attached hydrogens (tertiary/aromatic N) is 2. The van der Waals surface area contributed by atoms with E-state index >= 15 is 0 Å². The van der Waals surface area contributed by atoms with Gasteiger partial charge < -0.3 is 20.9 Å². The standard InChI is InChI=1S/C22H34N4O/c1-21(2)19-13-15-12-18(24-4)17(23)14-16(15)22(21,3)8-11-26(19)20(27)25-9-6-5-7-10-25/h12,14,19,24H,5-11,13,23H2,1-4H3/t19-,22+/m1/s1. The second kappa shape index (κ2) is 6.32. The molecule has 2 aliphatic heterocycles. The highest BCUT2D eigenvalue weighted by Gasteiger charge is 2.57. The van der Waals surface area contributed by atoms with Crippen LogP contribution in [0.2, 0.25) is 0 Å². The molecule has 148 valence electrons. The molecule has 1 aromatic carbocycles. The van der Waals surface area contributed by atoms with Gasteiger partial charge in [0.25, 0.3) is 0 Å². The number of hydrogen-bond donors (Lipinski definition) is 2. The Morgan fingerprint density at radius 2 is 1.85 bits per heavy atom. The normalized spacial score (nSPS) is 29.3. The minimum Gasteiger partial charge on any atom is -0.397 e. The second-order valence-electron chi connectivity index (χ2n) is 9.39. The number of amides is 2. The molecule has 2 atom stereocenters. The topological polar surface area (TPSA) is 61.6 Å². The number of fused-ring (bicyclic) bond motifs is 4. The maximum Gasteiger partial charge on any atom is 0.320 e. The number of hydrogen-bond acceptors (Lipinski definition) is 3. The molecule has 5 heteroatoms. The van der Waals surface area contributed by atoms with Crippen molar-refractivity contribution in [3.8, 4) is 0 Å². The highest BCUT2D eigenvalue weighted by molar-refractivity contribution is 5.76. The number of nitrogen functional groups attached to an aromatic ring is 1. The van der Waals surface area contributed by atoms with Gasteiger partial charge in [0, 0.05) is 38.1 Å². The third kappa shape index (κ3) is 2.61. The summed E-state index contributed by atoms with van der Waals surface area (Å²) < 4.78 is 0. The van der Waals surface area contributed by atoms with Gasteiger partial charge in [-0.25, -0.2) is 4.79 Å². The minimum atomic E-state index is 0.0112. The molecule has 3 aliphatic rings. The Morgan fingerprint density at radius 3 is 2.52 bits per heavy atom. The van der Waals surface area contributed by atoms with Crippen LogP contribution in [0.5, 0.6) is 0 Å². The van der Waals surface area contributed by atoms with Crippen LogP contribution in [0, 0.1) is 5.41 Å². The molecule has 2 heterocycles. The molecule has 2 saturated heterocycles. The third-order valence-electron chi connectivity index (χ3n) is 7.91. The predicted molar refractivity (Wildman–Crippen MR) is 111 cm³/mol. The van der Waals surface area contributed by atoms with Crippen LogP contribution in [0.25, 0.3) is 0 Å². The first-order valence-corrected chi connectivity index (χ1v) is 10.5. The lowest BCUT2D eigenvalue weighted by molar-refractivity contribution is -0.0241. The number of benzene rings is 1. The van der Waals surface area contributed by atoms with Crippen molar-refractivity contribution < 1.29 is 4.79 Å². The first-order chi connectivity index (χ1) is 12.8. The van der Waals surface area contributed by atoms with E-state index < -0.39 is 0 Å². The van der Waals surface area contributed by atoms with E-state index in [-0.39, 0.29) is 22.9 Å². The third-order valence-corrected chi connectivity index (χ3v) is 7.91. The van der Waals surface area contributed by atoms with Crippen LogP contribution in [0.4, 0.5) is 16.2 Å². The average Bonchev–Trinajstić information content (AvgIpc) is 2.65. The molecule has 2 amide bonds. The number of carbonyl (C=O) groups is 1. The molecule has 0 saturated carbocycles. The maximum absolute atomic E-state index is 13.4. The Bertz CT molecular complexity index is 753. The van der Waals surface area contributed by atoms with E-state index in [0.717, 1.165) is 56.7 Å². The van der Waals surface area contributed by atoms with Gasteiger partial charge in [0.1, 0.15) is 0 Å². The Morgan fingerprint density at radius 1 is 1.15 bits per heavy atom. The largest absolute Gasteiger partial charge is 0.397 e. The molecule has 1 aromatic rings. The fourth-order valence-electron chi connectivity index (χ4n) is 5.69. The predicted octanol–water partition coefficient (Wildman–Crippen LogP) is 3.83. The van der Waals surface area contributed by atoms with E-state index in [1.807, 2.05) is 7.05 Å². The molecular weight excluding hydrogens is 336 g/mol. The molecule has 5 nitrogen and oxygen atoms in total. The summed E-state index contributed by atoms with van der Waals surface area (Å²) in [5, 5.41) is 3.22. The van der Waals surface area contributed by atoms with Gasteiger partial charge in [-0.3, -0.25) is 0 Å². The highest BCUT2D eigenvalue weighted by Crippen LogP contribution is 2.57. The summed E-state index contributed by atoms with van der Waals surface area (Å²) in [7, 11) is 1.92. The van der Waals surface area contributed by atoms with Gasteiger partial charge in [-0.2, -0.15) is 0 Å². The summed E-state index contributed by atoms with van der Waals surface area (Å²) in [6, 6.07) is 4.87. The van der Waals surface area contributed by atoms with Gasteiger partial charge in [0.2, 0.25) is 0 Å². The molecule has 27 heavy (non-hydrogen) atoms. The second-order valence-corrected chi connectivity index (χ2v) is 9.39. The quantitative estimate of drug-likeness (QED) is 0.739. The summed E-state index contributed by atoms with van der Waals surface area (Å²) in [5.41, 5.74) is 10.9. The first-order valence-electron chi connectivity index (χ1n) is 10.5. The van der Waals surface area contributed by atoms with Crippen molar-refractivity contribution in [3.63, 3.8) is 0 Å².